The van der Waals surface area contributed by atoms with Crippen LogP contribution in [-0.2, 0) is 9.84 Å². The minimum atomic E-state index is -3.30. The van der Waals surface area contributed by atoms with Crippen LogP contribution in [0.1, 0.15) is 7.43 Å². The van der Waals surface area contributed by atoms with Gasteiger partial charge in [0.2, 0.25) is 0 Å². The van der Waals surface area contributed by atoms with Crippen molar-refractivity contribution in [2.24, 2.45) is 0 Å². The van der Waals surface area contributed by atoms with Crippen LogP contribution < -0.4 is 0 Å². The first-order chi connectivity index (χ1) is 11.4. The lowest BCUT2D eigenvalue weighted by molar-refractivity contribution is 0.319. The summed E-state index contributed by atoms with van der Waals surface area (Å²) in [6, 6.07) is 14.4. The summed E-state index contributed by atoms with van der Waals surface area (Å²) >= 11 is 8.22. The Bertz CT molecular complexity index is 702. The first-order valence-corrected chi connectivity index (χ1v) is 11.2. The van der Waals surface area contributed by atoms with Crippen LogP contribution in [0.2, 0.25) is 0 Å². The summed E-state index contributed by atoms with van der Waals surface area (Å²) in [7, 11) is -3.30. The highest BCUT2D eigenvalue weighted by molar-refractivity contribution is 9.10. The van der Waals surface area contributed by atoms with Crippen LogP contribution in [-0.4, -0.2) is 43.4 Å². The monoisotopic (exact) mass is 512 g/mol. The topological polar surface area (TPSA) is 74.6 Å². The molecule has 0 fully saturated rings. The highest BCUT2D eigenvalue weighted by atomic mass is 79.9. The number of halogens is 2. The van der Waals surface area contributed by atoms with Gasteiger partial charge in [0.1, 0.15) is 0 Å². The van der Waals surface area contributed by atoms with E-state index in [1.54, 1.807) is 23.9 Å². The van der Waals surface area contributed by atoms with Gasteiger partial charge in [-0.25, -0.2) is 8.42 Å². The van der Waals surface area contributed by atoms with Gasteiger partial charge < -0.3 is 10.2 Å². The van der Waals surface area contributed by atoms with E-state index in [9.17, 15) is 8.42 Å². The van der Waals surface area contributed by atoms with Crippen molar-refractivity contribution in [2.75, 3.05) is 24.7 Å². The Morgan fingerprint density at radius 3 is 1.76 bits per heavy atom. The van der Waals surface area contributed by atoms with Crippen molar-refractivity contribution in [1.82, 2.24) is 0 Å². The second-order valence-corrected chi connectivity index (χ2v) is 9.63. The molecule has 0 saturated carbocycles. The molecule has 2 aromatic carbocycles. The highest BCUT2D eigenvalue weighted by Crippen LogP contribution is 2.19. The van der Waals surface area contributed by atoms with E-state index in [1.807, 2.05) is 24.3 Å². The van der Waals surface area contributed by atoms with Gasteiger partial charge >= 0.3 is 0 Å². The maximum atomic E-state index is 11.4. The largest absolute Gasteiger partial charge is 0.396 e. The molecule has 25 heavy (non-hydrogen) atoms. The first kappa shape index (κ1) is 24.6. The van der Waals surface area contributed by atoms with Crippen molar-refractivity contribution in [1.29, 1.82) is 0 Å². The summed E-state index contributed by atoms with van der Waals surface area (Å²) in [4.78, 5) is 1.44. The minimum absolute atomic E-state index is 0. The Balaban J connectivity index is 0.000000449. The van der Waals surface area contributed by atoms with Crippen LogP contribution in [0.4, 0.5) is 0 Å². The van der Waals surface area contributed by atoms with E-state index in [0.29, 0.717) is 0 Å². The third-order valence-corrected chi connectivity index (χ3v) is 6.47. The third-order valence-electron chi connectivity index (χ3n) is 2.71. The Kier molecular flexibility index (Phi) is 12.7. The molecule has 0 atom stereocenters. The maximum Gasteiger partial charge on any atom is 0.180 e. The molecule has 2 aromatic rings. The average Bonchev–Trinajstić information content (AvgIpc) is 2.55. The Morgan fingerprint density at radius 2 is 1.32 bits per heavy atom. The summed E-state index contributed by atoms with van der Waals surface area (Å²) in [6.07, 6.45) is 0. The van der Waals surface area contributed by atoms with Gasteiger partial charge in [-0.05, 0) is 48.5 Å². The predicted octanol–water partition coefficient (Wildman–Crippen LogP) is 4.38. The van der Waals surface area contributed by atoms with Gasteiger partial charge in [-0.2, -0.15) is 0 Å². The number of hydrogen-bond acceptors (Lipinski definition) is 5. The minimum Gasteiger partial charge on any atom is -0.396 e. The highest BCUT2D eigenvalue weighted by Gasteiger charge is 2.12. The molecule has 0 bridgehead atoms. The lowest BCUT2D eigenvalue weighted by Gasteiger charge is -2.01. The zero-order valence-corrected chi connectivity index (χ0v) is 17.5. The van der Waals surface area contributed by atoms with E-state index >= 15 is 0 Å². The summed E-state index contributed by atoms with van der Waals surface area (Å²) in [6.45, 7) is -0.112. The van der Waals surface area contributed by atoms with Crippen LogP contribution in [0.5, 0.6) is 0 Å². The molecule has 0 aliphatic carbocycles. The van der Waals surface area contributed by atoms with Crippen LogP contribution in [0.15, 0.2) is 67.3 Å². The molecule has 140 valence electrons. The fraction of sp³-hybridized carbons (Fsp3) is 0.294. The number of thioether (sulfide) groups is 1. The SMILES string of the molecule is C.O=S(=O)(CCO)c1ccc(Br)cc1.OCCSc1ccc(Br)cc1. The molecule has 4 nitrogen and oxygen atoms in total. The van der Waals surface area contributed by atoms with Gasteiger partial charge in [0.05, 0.1) is 23.9 Å². The first-order valence-electron chi connectivity index (χ1n) is 6.97. The summed E-state index contributed by atoms with van der Waals surface area (Å²) < 4.78 is 24.7. The van der Waals surface area contributed by atoms with Gasteiger partial charge in [-0.3, -0.25) is 0 Å². The molecule has 0 aromatic heterocycles. The molecular weight excluding hydrogens is 492 g/mol. The Morgan fingerprint density at radius 1 is 0.840 bits per heavy atom. The van der Waals surface area contributed by atoms with Gasteiger partial charge in [0.25, 0.3) is 0 Å². The summed E-state index contributed by atoms with van der Waals surface area (Å²) in [5, 5.41) is 17.1. The van der Waals surface area contributed by atoms with E-state index in [-0.39, 0.29) is 31.3 Å². The third kappa shape index (κ3) is 9.77. The van der Waals surface area contributed by atoms with Crippen LogP contribution in [0.3, 0.4) is 0 Å². The van der Waals surface area contributed by atoms with Crippen molar-refractivity contribution in [3.8, 4) is 0 Å². The van der Waals surface area contributed by atoms with Crippen LogP contribution in [0, 0.1) is 0 Å². The molecule has 0 radical (unpaired) electrons. The number of benzene rings is 2. The molecule has 8 heteroatoms. The van der Waals surface area contributed by atoms with Crippen molar-refractivity contribution >= 4 is 53.5 Å². The maximum absolute atomic E-state index is 11.4. The zero-order chi connectivity index (χ0) is 18.0. The lowest BCUT2D eigenvalue weighted by atomic mass is 10.4. The molecule has 2 rings (SSSR count). The molecule has 0 spiro atoms. The number of sulfone groups is 1. The Hall–Kier alpha value is -0.380. The fourth-order valence-electron chi connectivity index (χ4n) is 1.57. The van der Waals surface area contributed by atoms with Crippen molar-refractivity contribution < 1.29 is 18.6 Å². The fourth-order valence-corrected chi connectivity index (χ4v) is 3.79. The lowest BCUT2D eigenvalue weighted by Crippen LogP contribution is -2.09. The van der Waals surface area contributed by atoms with Crippen molar-refractivity contribution in [3.05, 3.63) is 57.5 Å². The molecule has 0 amide bonds. The van der Waals surface area contributed by atoms with Crippen LogP contribution in [0.25, 0.3) is 0 Å². The second-order valence-electron chi connectivity index (χ2n) is 4.52. The van der Waals surface area contributed by atoms with Crippen molar-refractivity contribution in [2.45, 2.75) is 17.2 Å². The summed E-state index contributed by atoms with van der Waals surface area (Å²) in [5.41, 5.74) is 0. The van der Waals surface area contributed by atoms with E-state index in [2.05, 4.69) is 31.9 Å². The van der Waals surface area contributed by atoms with Gasteiger partial charge in [0, 0.05) is 19.6 Å². The smallest absolute Gasteiger partial charge is 0.180 e. The van der Waals surface area contributed by atoms with Gasteiger partial charge in [-0.15, -0.1) is 11.8 Å². The zero-order valence-electron chi connectivity index (χ0n) is 12.7. The van der Waals surface area contributed by atoms with Crippen molar-refractivity contribution in [3.63, 3.8) is 0 Å². The van der Waals surface area contributed by atoms with E-state index in [4.69, 9.17) is 10.2 Å². The van der Waals surface area contributed by atoms with E-state index in [0.717, 1.165) is 14.7 Å². The quantitative estimate of drug-likeness (QED) is 0.560. The molecular formula is C17H22Br2O4S2. The molecule has 2 N–H and O–H groups in total. The van der Waals surface area contributed by atoms with E-state index in [1.165, 1.54) is 17.0 Å². The number of rotatable bonds is 6. The van der Waals surface area contributed by atoms with Crippen LogP contribution >= 0.6 is 43.6 Å². The van der Waals surface area contributed by atoms with Gasteiger partial charge in [0.15, 0.2) is 9.84 Å². The number of hydrogen-bond donors (Lipinski definition) is 2. The normalized spacial score (nSPS) is 10.4. The molecule has 0 aliphatic heterocycles. The summed E-state index contributed by atoms with van der Waals surface area (Å²) in [5.74, 6) is 0.538. The Labute approximate surface area is 170 Å². The average molecular weight is 514 g/mol. The molecule has 0 unspecified atom stereocenters. The standard InChI is InChI=1S/C8H9BrO3S.C8H9BrOS.CH4/c9-7-1-3-8(4-2-7)13(11,12)6-5-10;9-7-1-3-8(4-2-7)11-6-5-10;/h1-4,10H,5-6H2;1-4,10H,5-6H2;1H4. The predicted molar refractivity (Wildman–Crippen MR) is 112 cm³/mol. The number of aliphatic hydroxyl groups is 2. The van der Waals surface area contributed by atoms with E-state index < -0.39 is 9.84 Å². The molecule has 0 heterocycles. The van der Waals surface area contributed by atoms with Gasteiger partial charge in [-0.1, -0.05) is 39.3 Å². The molecule has 0 saturated heterocycles. The second kappa shape index (κ2) is 12.9. The molecule has 0 aliphatic rings. The number of aliphatic hydroxyl groups excluding tert-OH is 2.